The summed E-state index contributed by atoms with van der Waals surface area (Å²) in [5.41, 5.74) is 9.29. The van der Waals surface area contributed by atoms with Crippen molar-refractivity contribution < 1.29 is 5.11 Å². The van der Waals surface area contributed by atoms with Gasteiger partial charge in [-0.15, -0.1) is 0 Å². The van der Waals surface area contributed by atoms with Gasteiger partial charge in [0, 0.05) is 25.7 Å². The largest absolute Gasteiger partial charge is 0.390 e. The highest BCUT2D eigenvalue weighted by atomic mass is 16.3. The van der Waals surface area contributed by atoms with Gasteiger partial charge < -0.3 is 10.8 Å². The number of benzene rings is 2. The molecular formula is C27H42N2O. The molecule has 3 nitrogen and oxygen atoms in total. The number of hydrogen-bond donors (Lipinski definition) is 2. The average molecular weight is 411 g/mol. The number of aliphatic hydroxyl groups is 1. The number of nitrogens with zero attached hydrogens (tertiary/aromatic N) is 1. The summed E-state index contributed by atoms with van der Waals surface area (Å²) < 4.78 is 0. The zero-order valence-electron chi connectivity index (χ0n) is 19.4. The predicted octanol–water partition coefficient (Wildman–Crippen LogP) is 5.27. The number of rotatable bonds is 12. The van der Waals surface area contributed by atoms with Crippen LogP contribution in [0.4, 0.5) is 0 Å². The molecule has 3 unspecified atom stereocenters. The summed E-state index contributed by atoms with van der Waals surface area (Å²) in [5, 5.41) is 10.8. The van der Waals surface area contributed by atoms with Gasteiger partial charge in [-0.2, -0.15) is 0 Å². The molecule has 0 aliphatic carbocycles. The molecule has 0 aliphatic heterocycles. The number of aryl methyl sites for hydroxylation is 1. The fourth-order valence-corrected chi connectivity index (χ4v) is 3.83. The Bertz CT molecular complexity index is 696. The lowest BCUT2D eigenvalue weighted by Crippen LogP contribution is -2.44. The van der Waals surface area contributed by atoms with Crippen LogP contribution in [0.5, 0.6) is 0 Å². The van der Waals surface area contributed by atoms with Crippen LogP contribution in [-0.2, 0) is 13.0 Å². The van der Waals surface area contributed by atoms with Gasteiger partial charge in [0.1, 0.15) is 0 Å². The Morgan fingerprint density at radius 2 is 1.43 bits per heavy atom. The van der Waals surface area contributed by atoms with Gasteiger partial charge in [0.15, 0.2) is 0 Å². The van der Waals surface area contributed by atoms with Gasteiger partial charge in [-0.1, -0.05) is 88.4 Å². The van der Waals surface area contributed by atoms with E-state index in [1.54, 1.807) is 0 Å². The predicted molar refractivity (Wildman–Crippen MR) is 128 cm³/mol. The van der Waals surface area contributed by atoms with Crippen molar-refractivity contribution in [2.45, 2.75) is 72.1 Å². The molecule has 2 rings (SSSR count). The summed E-state index contributed by atoms with van der Waals surface area (Å²) in [7, 11) is 0. The van der Waals surface area contributed by atoms with Crippen LogP contribution >= 0.6 is 0 Å². The normalized spacial score (nSPS) is 15.2. The lowest BCUT2D eigenvalue weighted by atomic mass is 9.87. The standard InChI is InChI=1S/C27H42N2O/c1-22(17-18-27(2,3)4)19-29(20-24-13-9-6-10-14-24)21-26(30)25(28)16-15-23-11-7-5-8-12-23/h5-14,22,25-26,30H,15-21,28H2,1-4H3. The minimum absolute atomic E-state index is 0.214. The first-order valence-electron chi connectivity index (χ1n) is 11.5. The highest BCUT2D eigenvalue weighted by molar-refractivity contribution is 5.15. The molecule has 0 saturated carbocycles. The van der Waals surface area contributed by atoms with E-state index < -0.39 is 6.10 Å². The average Bonchev–Trinajstić information content (AvgIpc) is 2.71. The van der Waals surface area contributed by atoms with Crippen LogP contribution in [0.1, 0.15) is 58.1 Å². The second-order valence-electron chi connectivity index (χ2n) is 10.1. The van der Waals surface area contributed by atoms with Crippen LogP contribution in [0, 0.1) is 11.3 Å². The van der Waals surface area contributed by atoms with Crippen molar-refractivity contribution in [3.05, 3.63) is 71.8 Å². The van der Waals surface area contributed by atoms with E-state index >= 15 is 0 Å². The molecule has 0 radical (unpaired) electrons. The molecule has 3 atom stereocenters. The summed E-state index contributed by atoms with van der Waals surface area (Å²) in [6.45, 7) is 11.7. The third kappa shape index (κ3) is 9.88. The quantitative estimate of drug-likeness (QED) is 0.501. The molecule has 166 valence electrons. The van der Waals surface area contributed by atoms with Gasteiger partial charge in [-0.3, -0.25) is 4.90 Å². The molecule has 0 aliphatic rings. The van der Waals surface area contributed by atoms with Crippen LogP contribution in [0.15, 0.2) is 60.7 Å². The minimum Gasteiger partial charge on any atom is -0.390 e. The first kappa shape index (κ1) is 24.6. The molecule has 0 aromatic heterocycles. The Morgan fingerprint density at radius 3 is 2.00 bits per heavy atom. The van der Waals surface area contributed by atoms with Gasteiger partial charge in [0.2, 0.25) is 0 Å². The van der Waals surface area contributed by atoms with Gasteiger partial charge in [0.05, 0.1) is 6.10 Å². The lowest BCUT2D eigenvalue weighted by Gasteiger charge is -2.31. The Labute approximate surface area is 184 Å². The zero-order valence-corrected chi connectivity index (χ0v) is 19.4. The molecule has 3 heteroatoms. The maximum absolute atomic E-state index is 10.8. The summed E-state index contributed by atoms with van der Waals surface area (Å²) >= 11 is 0. The van der Waals surface area contributed by atoms with E-state index in [9.17, 15) is 5.11 Å². The molecule has 30 heavy (non-hydrogen) atoms. The minimum atomic E-state index is -0.521. The second-order valence-corrected chi connectivity index (χ2v) is 10.1. The van der Waals surface area contributed by atoms with Gasteiger partial charge in [0.25, 0.3) is 0 Å². The SMILES string of the molecule is CC(CCC(C)(C)C)CN(Cc1ccccc1)CC(O)C(N)CCc1ccccc1. The van der Waals surface area contributed by atoms with Crippen molar-refractivity contribution in [3.63, 3.8) is 0 Å². The number of hydrogen-bond acceptors (Lipinski definition) is 3. The third-order valence-electron chi connectivity index (χ3n) is 5.75. The first-order chi connectivity index (χ1) is 14.2. The molecular weight excluding hydrogens is 368 g/mol. The fourth-order valence-electron chi connectivity index (χ4n) is 3.83. The summed E-state index contributed by atoms with van der Waals surface area (Å²) in [6, 6.07) is 20.7. The van der Waals surface area contributed by atoms with Crippen molar-refractivity contribution in [1.82, 2.24) is 4.90 Å². The summed E-state index contributed by atoms with van der Waals surface area (Å²) in [6.07, 6.45) is 3.59. The smallest absolute Gasteiger partial charge is 0.0817 e. The molecule has 2 aromatic rings. The van der Waals surface area contributed by atoms with Crippen molar-refractivity contribution in [2.24, 2.45) is 17.1 Å². The Balaban J connectivity index is 1.92. The van der Waals surface area contributed by atoms with Crippen molar-refractivity contribution in [1.29, 1.82) is 0 Å². The molecule has 0 amide bonds. The zero-order chi connectivity index (χ0) is 22.0. The summed E-state index contributed by atoms with van der Waals surface area (Å²) in [4.78, 5) is 2.38. The Hall–Kier alpha value is -1.68. The van der Waals surface area contributed by atoms with Crippen molar-refractivity contribution in [3.8, 4) is 0 Å². The highest BCUT2D eigenvalue weighted by Crippen LogP contribution is 2.24. The molecule has 0 saturated heterocycles. The molecule has 2 aromatic carbocycles. The number of aliphatic hydroxyl groups excluding tert-OH is 1. The lowest BCUT2D eigenvalue weighted by molar-refractivity contribution is 0.0767. The second kappa shape index (κ2) is 12.2. The maximum atomic E-state index is 10.8. The highest BCUT2D eigenvalue weighted by Gasteiger charge is 2.21. The Morgan fingerprint density at radius 1 is 0.867 bits per heavy atom. The molecule has 0 heterocycles. The van der Waals surface area contributed by atoms with E-state index in [0.717, 1.165) is 25.9 Å². The van der Waals surface area contributed by atoms with E-state index in [-0.39, 0.29) is 6.04 Å². The van der Waals surface area contributed by atoms with Gasteiger partial charge >= 0.3 is 0 Å². The molecule has 0 bridgehead atoms. The number of nitrogens with two attached hydrogens (primary N) is 1. The molecule has 0 spiro atoms. The third-order valence-corrected chi connectivity index (χ3v) is 5.75. The maximum Gasteiger partial charge on any atom is 0.0817 e. The van der Waals surface area contributed by atoms with Gasteiger partial charge in [-0.25, -0.2) is 0 Å². The molecule has 3 N–H and O–H groups in total. The fraction of sp³-hybridized carbons (Fsp3) is 0.556. The van der Waals surface area contributed by atoms with Crippen LogP contribution in [-0.4, -0.2) is 35.2 Å². The van der Waals surface area contributed by atoms with E-state index in [0.29, 0.717) is 17.9 Å². The van der Waals surface area contributed by atoms with E-state index in [4.69, 9.17) is 5.73 Å². The first-order valence-corrected chi connectivity index (χ1v) is 11.5. The van der Waals surface area contributed by atoms with E-state index in [1.165, 1.54) is 24.0 Å². The van der Waals surface area contributed by atoms with Crippen LogP contribution in [0.25, 0.3) is 0 Å². The monoisotopic (exact) mass is 410 g/mol. The van der Waals surface area contributed by atoms with Crippen LogP contribution in [0.3, 0.4) is 0 Å². The summed E-state index contributed by atoms with van der Waals surface area (Å²) in [5.74, 6) is 0.584. The topological polar surface area (TPSA) is 49.5 Å². The van der Waals surface area contributed by atoms with E-state index in [2.05, 4.69) is 81.1 Å². The van der Waals surface area contributed by atoms with Crippen LogP contribution in [0.2, 0.25) is 0 Å². The van der Waals surface area contributed by atoms with Crippen LogP contribution < -0.4 is 5.73 Å². The van der Waals surface area contributed by atoms with Crippen molar-refractivity contribution >= 4 is 0 Å². The Kier molecular flexibility index (Phi) is 10.0. The van der Waals surface area contributed by atoms with Gasteiger partial charge in [-0.05, 0) is 48.1 Å². The van der Waals surface area contributed by atoms with E-state index in [1.807, 2.05) is 12.1 Å². The molecule has 0 fully saturated rings. The van der Waals surface area contributed by atoms with Crippen molar-refractivity contribution in [2.75, 3.05) is 13.1 Å².